The molecular formula is C28H54O2. The summed E-state index contributed by atoms with van der Waals surface area (Å²) in [6.07, 6.45) is 18.1. The molecule has 0 N–H and O–H groups in total. The van der Waals surface area contributed by atoms with Gasteiger partial charge in [-0.25, -0.2) is 0 Å². The number of Topliss-reactive ketones (excluding diaryl/α,β-unsaturated/α-hetero) is 1. The van der Waals surface area contributed by atoms with Crippen molar-refractivity contribution in [1.29, 1.82) is 0 Å². The van der Waals surface area contributed by atoms with Crippen LogP contribution >= 0.6 is 0 Å². The summed E-state index contributed by atoms with van der Waals surface area (Å²) in [4.78, 5) is 11.4. The van der Waals surface area contributed by atoms with Gasteiger partial charge in [0.05, 0.1) is 12.2 Å². The van der Waals surface area contributed by atoms with Gasteiger partial charge in [-0.1, -0.05) is 93.4 Å². The minimum atomic E-state index is 0.425. The van der Waals surface area contributed by atoms with E-state index >= 15 is 0 Å². The normalized spacial score (nSPS) is 22.0. The third kappa shape index (κ3) is 12.5. The Kier molecular flexibility index (Phi) is 13.5. The van der Waals surface area contributed by atoms with Gasteiger partial charge in [0.15, 0.2) is 0 Å². The number of carbonyl (C=O) groups excluding carboxylic acids is 1. The Balaban J connectivity index is 2.08. The quantitative estimate of drug-likeness (QED) is 0.154. The van der Waals surface area contributed by atoms with Crippen molar-refractivity contribution in [3.63, 3.8) is 0 Å². The van der Waals surface area contributed by atoms with Crippen LogP contribution in [0.4, 0.5) is 0 Å². The first-order valence-electron chi connectivity index (χ1n) is 13.4. The Morgan fingerprint density at radius 3 is 2.23 bits per heavy atom. The van der Waals surface area contributed by atoms with Crippen LogP contribution in [0, 0.1) is 23.2 Å². The maximum atomic E-state index is 11.4. The maximum absolute atomic E-state index is 11.4. The van der Waals surface area contributed by atoms with Gasteiger partial charge in [0, 0.05) is 12.8 Å². The van der Waals surface area contributed by atoms with E-state index in [9.17, 15) is 4.79 Å². The average molecular weight is 423 g/mol. The Labute approximate surface area is 189 Å². The number of unbranched alkanes of at least 4 members (excludes halogenated alkanes) is 3. The third-order valence-electron chi connectivity index (χ3n) is 7.31. The first-order valence-corrected chi connectivity index (χ1v) is 13.4. The number of hydrogen-bond donors (Lipinski definition) is 0. The van der Waals surface area contributed by atoms with E-state index in [2.05, 4.69) is 41.5 Å². The van der Waals surface area contributed by atoms with Gasteiger partial charge in [-0.2, -0.15) is 0 Å². The first-order chi connectivity index (χ1) is 14.2. The van der Waals surface area contributed by atoms with Crippen molar-refractivity contribution in [3.8, 4) is 0 Å². The molecule has 2 nitrogen and oxygen atoms in total. The summed E-state index contributed by atoms with van der Waals surface area (Å²) in [6.45, 7) is 16.4. The lowest BCUT2D eigenvalue weighted by Gasteiger charge is -2.28. The lowest BCUT2D eigenvalue weighted by Crippen LogP contribution is -2.16. The van der Waals surface area contributed by atoms with E-state index < -0.39 is 0 Å². The Bertz CT molecular complexity index is 456. The van der Waals surface area contributed by atoms with Gasteiger partial charge in [-0.3, -0.25) is 4.79 Å². The summed E-state index contributed by atoms with van der Waals surface area (Å²) in [7, 11) is 0. The summed E-state index contributed by atoms with van der Waals surface area (Å²) in [6, 6.07) is 0. The Morgan fingerprint density at radius 2 is 1.57 bits per heavy atom. The molecule has 0 aromatic carbocycles. The van der Waals surface area contributed by atoms with E-state index in [0.29, 0.717) is 29.8 Å². The molecule has 0 aromatic rings. The number of carbonyl (C=O) groups is 1. The molecule has 0 aromatic heterocycles. The van der Waals surface area contributed by atoms with Gasteiger partial charge in [0.25, 0.3) is 0 Å². The molecule has 0 radical (unpaired) electrons. The predicted octanol–water partition coefficient (Wildman–Crippen LogP) is 8.76. The molecule has 1 saturated heterocycles. The topological polar surface area (TPSA) is 29.6 Å². The summed E-state index contributed by atoms with van der Waals surface area (Å²) in [5.74, 6) is 2.79. The molecule has 5 unspecified atom stereocenters. The van der Waals surface area contributed by atoms with Gasteiger partial charge >= 0.3 is 0 Å². The number of hydrogen-bond acceptors (Lipinski definition) is 2. The molecule has 0 bridgehead atoms. The molecule has 1 heterocycles. The van der Waals surface area contributed by atoms with Crippen LogP contribution in [0.3, 0.4) is 0 Å². The molecule has 2 heteroatoms. The molecular weight excluding hydrogens is 368 g/mol. The molecule has 1 rings (SSSR count). The number of ether oxygens (including phenoxy) is 1. The second kappa shape index (κ2) is 14.6. The highest BCUT2D eigenvalue weighted by molar-refractivity contribution is 5.77. The van der Waals surface area contributed by atoms with E-state index in [-0.39, 0.29) is 0 Å². The molecule has 5 atom stereocenters. The minimum absolute atomic E-state index is 0.425. The fraction of sp³-hybridized carbons (Fsp3) is 0.964. The molecule has 1 aliphatic heterocycles. The average Bonchev–Trinajstić information content (AvgIpc) is 3.43. The van der Waals surface area contributed by atoms with E-state index in [1.807, 2.05) is 6.92 Å². The smallest absolute Gasteiger partial charge is 0.132 e. The summed E-state index contributed by atoms with van der Waals surface area (Å²) >= 11 is 0. The standard InChI is InChI=1S/C28H54O2/c1-8-15-24(5)27-26(30-27)20-22(3)16-14-17-23(4)21-28(6,7)19-13-11-10-12-18-25(29)9-2/h22-24,26-27H,8-21H2,1-7H3. The molecule has 0 amide bonds. The van der Waals surface area contributed by atoms with Gasteiger partial charge in [0.2, 0.25) is 0 Å². The molecule has 0 aliphatic carbocycles. The lowest BCUT2D eigenvalue weighted by molar-refractivity contribution is -0.118. The van der Waals surface area contributed by atoms with Gasteiger partial charge in [-0.15, -0.1) is 0 Å². The van der Waals surface area contributed by atoms with Crippen LogP contribution in [0.2, 0.25) is 0 Å². The Morgan fingerprint density at radius 1 is 0.900 bits per heavy atom. The van der Waals surface area contributed by atoms with Crippen molar-refractivity contribution < 1.29 is 9.53 Å². The van der Waals surface area contributed by atoms with Crippen LogP contribution in [0.1, 0.15) is 138 Å². The fourth-order valence-corrected chi connectivity index (χ4v) is 5.40. The zero-order valence-electron chi connectivity index (χ0n) is 21.6. The van der Waals surface area contributed by atoms with E-state index in [1.54, 1.807) is 0 Å². The largest absolute Gasteiger partial charge is 0.369 e. The molecule has 1 aliphatic rings. The molecule has 0 saturated carbocycles. The van der Waals surface area contributed by atoms with Crippen molar-refractivity contribution in [2.75, 3.05) is 0 Å². The van der Waals surface area contributed by atoms with Crippen LogP contribution in [-0.4, -0.2) is 18.0 Å². The van der Waals surface area contributed by atoms with Crippen molar-refractivity contribution in [2.45, 2.75) is 151 Å². The fourth-order valence-electron chi connectivity index (χ4n) is 5.40. The van der Waals surface area contributed by atoms with Gasteiger partial charge in [-0.05, 0) is 55.3 Å². The third-order valence-corrected chi connectivity index (χ3v) is 7.31. The van der Waals surface area contributed by atoms with Crippen molar-refractivity contribution in [3.05, 3.63) is 0 Å². The van der Waals surface area contributed by atoms with Crippen LogP contribution in [-0.2, 0) is 9.53 Å². The van der Waals surface area contributed by atoms with Crippen molar-refractivity contribution >= 4 is 5.78 Å². The summed E-state index contributed by atoms with van der Waals surface area (Å²) in [5, 5.41) is 0. The number of epoxide rings is 1. The van der Waals surface area contributed by atoms with Crippen LogP contribution in [0.15, 0.2) is 0 Å². The number of ketones is 1. The SMILES string of the molecule is CCCC(C)C1OC1CC(C)CCCC(C)CC(C)(C)CCCCCCC(=O)CC. The first kappa shape index (κ1) is 27.7. The zero-order valence-corrected chi connectivity index (χ0v) is 21.6. The molecule has 1 fully saturated rings. The predicted molar refractivity (Wildman–Crippen MR) is 131 cm³/mol. The second-order valence-corrected chi connectivity index (χ2v) is 11.5. The second-order valence-electron chi connectivity index (χ2n) is 11.5. The van der Waals surface area contributed by atoms with E-state index in [1.165, 1.54) is 70.6 Å². The van der Waals surface area contributed by atoms with E-state index in [4.69, 9.17) is 4.74 Å². The number of rotatable bonds is 19. The molecule has 30 heavy (non-hydrogen) atoms. The van der Waals surface area contributed by atoms with Gasteiger partial charge in [0.1, 0.15) is 5.78 Å². The maximum Gasteiger partial charge on any atom is 0.132 e. The highest BCUT2D eigenvalue weighted by atomic mass is 16.6. The summed E-state index contributed by atoms with van der Waals surface area (Å²) in [5.41, 5.74) is 0.453. The highest BCUT2D eigenvalue weighted by Gasteiger charge is 2.42. The monoisotopic (exact) mass is 422 g/mol. The zero-order chi connectivity index (χ0) is 22.6. The molecule has 178 valence electrons. The Hall–Kier alpha value is -0.370. The van der Waals surface area contributed by atoms with Crippen molar-refractivity contribution in [2.24, 2.45) is 23.2 Å². The molecule has 0 spiro atoms. The highest BCUT2D eigenvalue weighted by Crippen LogP contribution is 2.37. The summed E-state index contributed by atoms with van der Waals surface area (Å²) < 4.78 is 5.96. The minimum Gasteiger partial charge on any atom is -0.369 e. The van der Waals surface area contributed by atoms with Crippen LogP contribution < -0.4 is 0 Å². The van der Waals surface area contributed by atoms with Gasteiger partial charge < -0.3 is 4.74 Å². The lowest BCUT2D eigenvalue weighted by atomic mass is 9.77. The van der Waals surface area contributed by atoms with E-state index in [0.717, 1.165) is 30.6 Å². The van der Waals surface area contributed by atoms with Crippen LogP contribution in [0.25, 0.3) is 0 Å². The van der Waals surface area contributed by atoms with Crippen LogP contribution in [0.5, 0.6) is 0 Å². The van der Waals surface area contributed by atoms with Crippen molar-refractivity contribution in [1.82, 2.24) is 0 Å².